The second kappa shape index (κ2) is 8.64. The van der Waals surface area contributed by atoms with Gasteiger partial charge in [-0.3, -0.25) is 9.25 Å². The van der Waals surface area contributed by atoms with Crippen molar-refractivity contribution in [1.82, 2.24) is 29.3 Å². The van der Waals surface area contributed by atoms with E-state index in [1.807, 2.05) is 6.07 Å². The van der Waals surface area contributed by atoms with E-state index in [4.69, 9.17) is 4.74 Å². The molecule has 3 heterocycles. The first-order valence-electron chi connectivity index (χ1n) is 10.6. The molecule has 0 spiro atoms. The van der Waals surface area contributed by atoms with Gasteiger partial charge in [0, 0.05) is 30.5 Å². The third kappa shape index (κ3) is 4.06. The van der Waals surface area contributed by atoms with Crippen LogP contribution < -0.4 is 5.32 Å². The molecular weight excluding hydrogens is 413 g/mol. The molecule has 0 amide bonds. The largest absolute Gasteiger partial charge is 0.393 e. The first-order valence-corrected chi connectivity index (χ1v) is 10.6. The Morgan fingerprint density at radius 1 is 1.25 bits per heavy atom. The van der Waals surface area contributed by atoms with Gasteiger partial charge in [0.15, 0.2) is 5.65 Å². The topological polar surface area (TPSA) is 103 Å². The van der Waals surface area contributed by atoms with Crippen LogP contribution in [-0.4, -0.2) is 60.3 Å². The average Bonchev–Trinajstić information content (AvgIpc) is 3.52. The van der Waals surface area contributed by atoms with E-state index in [0.29, 0.717) is 53.5 Å². The molecule has 1 fully saturated rings. The lowest BCUT2D eigenvalue weighted by Crippen LogP contribution is -2.18. The SMILES string of the molecule is COCCn1cc(-c2ccc(-n3cnc4cnc(N[C@@H]5CC[C@@H](O)C5)nc43)cc2F)cn1. The second-order valence-electron chi connectivity index (χ2n) is 7.97. The van der Waals surface area contributed by atoms with Crippen molar-refractivity contribution in [2.75, 3.05) is 19.0 Å². The highest BCUT2D eigenvalue weighted by molar-refractivity contribution is 5.74. The molecule has 10 heteroatoms. The van der Waals surface area contributed by atoms with Crippen LogP contribution in [0.4, 0.5) is 10.3 Å². The van der Waals surface area contributed by atoms with Crippen molar-refractivity contribution in [2.24, 2.45) is 0 Å². The number of aliphatic hydroxyl groups excluding tert-OH is 1. The smallest absolute Gasteiger partial charge is 0.224 e. The first-order chi connectivity index (χ1) is 15.6. The summed E-state index contributed by atoms with van der Waals surface area (Å²) < 4.78 is 23.5. The van der Waals surface area contributed by atoms with Gasteiger partial charge in [0.25, 0.3) is 0 Å². The minimum Gasteiger partial charge on any atom is -0.393 e. The summed E-state index contributed by atoms with van der Waals surface area (Å²) in [5, 5.41) is 17.3. The van der Waals surface area contributed by atoms with Gasteiger partial charge in [-0.2, -0.15) is 10.1 Å². The zero-order chi connectivity index (χ0) is 22.1. The molecule has 0 bridgehead atoms. The highest BCUT2D eigenvalue weighted by Crippen LogP contribution is 2.27. The summed E-state index contributed by atoms with van der Waals surface area (Å²) in [6.45, 7) is 1.14. The van der Waals surface area contributed by atoms with E-state index in [2.05, 4.69) is 25.4 Å². The number of hydrogen-bond donors (Lipinski definition) is 2. The molecule has 1 aliphatic rings. The number of aromatic nitrogens is 6. The van der Waals surface area contributed by atoms with E-state index in [1.165, 1.54) is 6.07 Å². The lowest BCUT2D eigenvalue weighted by molar-refractivity contribution is 0.182. The van der Waals surface area contributed by atoms with Crippen molar-refractivity contribution in [1.29, 1.82) is 0 Å². The summed E-state index contributed by atoms with van der Waals surface area (Å²) in [5.74, 6) is 0.113. The van der Waals surface area contributed by atoms with Crippen LogP contribution in [0.1, 0.15) is 19.3 Å². The molecule has 9 nitrogen and oxygen atoms in total. The molecule has 1 aromatic carbocycles. The molecule has 1 saturated carbocycles. The van der Waals surface area contributed by atoms with Gasteiger partial charge >= 0.3 is 0 Å². The number of hydrogen-bond acceptors (Lipinski definition) is 7. The minimum atomic E-state index is -0.358. The van der Waals surface area contributed by atoms with E-state index >= 15 is 4.39 Å². The van der Waals surface area contributed by atoms with Crippen LogP contribution in [0, 0.1) is 5.82 Å². The van der Waals surface area contributed by atoms with E-state index < -0.39 is 0 Å². The monoisotopic (exact) mass is 437 g/mol. The second-order valence-corrected chi connectivity index (χ2v) is 7.97. The fraction of sp³-hybridized carbons (Fsp3) is 0.364. The molecule has 0 saturated heterocycles. The van der Waals surface area contributed by atoms with Crippen LogP contribution in [0.3, 0.4) is 0 Å². The van der Waals surface area contributed by atoms with Crippen molar-refractivity contribution in [3.05, 3.63) is 48.9 Å². The van der Waals surface area contributed by atoms with Crippen LogP contribution >= 0.6 is 0 Å². The Bertz CT molecular complexity index is 1240. The number of imidazole rings is 1. The number of halogens is 1. The predicted octanol–water partition coefficient (Wildman–Crippen LogP) is 2.79. The standard InChI is InChI=1S/C22H24FN7O2/c1-32-7-6-29-12-14(10-26-29)18-5-3-16(9-19(18)23)30-13-25-20-11-24-22(28-21(20)30)27-15-2-4-17(31)8-15/h3,5,9-13,15,17,31H,2,4,6-8H2,1H3,(H,24,27,28)/t15-,17-/m1/s1. The Balaban J connectivity index is 1.41. The molecular formula is C22H24FN7O2. The number of ether oxygens (including phenoxy) is 1. The number of anilines is 1. The summed E-state index contributed by atoms with van der Waals surface area (Å²) in [5.41, 5.74) is 2.99. The van der Waals surface area contributed by atoms with Gasteiger partial charge in [0.05, 0.1) is 37.3 Å². The summed E-state index contributed by atoms with van der Waals surface area (Å²) in [6, 6.07) is 5.16. The van der Waals surface area contributed by atoms with Crippen molar-refractivity contribution < 1.29 is 14.2 Å². The normalized spacial score (nSPS) is 18.5. The molecule has 32 heavy (non-hydrogen) atoms. The molecule has 0 radical (unpaired) electrons. The quantitative estimate of drug-likeness (QED) is 0.458. The van der Waals surface area contributed by atoms with Gasteiger partial charge in [-0.15, -0.1) is 0 Å². The molecule has 166 valence electrons. The predicted molar refractivity (Wildman–Crippen MR) is 117 cm³/mol. The third-order valence-electron chi connectivity index (χ3n) is 5.73. The lowest BCUT2D eigenvalue weighted by atomic mass is 10.1. The third-order valence-corrected chi connectivity index (χ3v) is 5.73. The highest BCUT2D eigenvalue weighted by atomic mass is 19.1. The van der Waals surface area contributed by atoms with Crippen LogP contribution in [0.25, 0.3) is 28.0 Å². The maximum Gasteiger partial charge on any atom is 0.224 e. The molecule has 4 aromatic rings. The van der Waals surface area contributed by atoms with Gasteiger partial charge in [-0.25, -0.2) is 14.4 Å². The molecule has 0 unspecified atom stereocenters. The maximum absolute atomic E-state index is 15.0. The van der Waals surface area contributed by atoms with Crippen LogP contribution in [-0.2, 0) is 11.3 Å². The number of benzene rings is 1. The average molecular weight is 437 g/mol. The fourth-order valence-electron chi connectivity index (χ4n) is 4.04. The Hall–Kier alpha value is -3.37. The van der Waals surface area contributed by atoms with E-state index in [0.717, 1.165) is 12.8 Å². The summed E-state index contributed by atoms with van der Waals surface area (Å²) >= 11 is 0. The molecule has 0 aliphatic heterocycles. The van der Waals surface area contributed by atoms with Crippen LogP contribution in [0.2, 0.25) is 0 Å². The molecule has 2 atom stereocenters. The number of nitrogens with zero attached hydrogens (tertiary/aromatic N) is 6. The fourth-order valence-corrected chi connectivity index (χ4v) is 4.04. The van der Waals surface area contributed by atoms with E-state index in [9.17, 15) is 5.11 Å². The highest BCUT2D eigenvalue weighted by Gasteiger charge is 2.23. The number of nitrogens with one attached hydrogen (secondary N) is 1. The zero-order valence-electron chi connectivity index (χ0n) is 17.6. The van der Waals surface area contributed by atoms with Crippen molar-refractivity contribution in [3.8, 4) is 16.8 Å². The van der Waals surface area contributed by atoms with Crippen LogP contribution in [0.15, 0.2) is 43.1 Å². The van der Waals surface area contributed by atoms with E-state index in [1.54, 1.807) is 47.3 Å². The Kier molecular flexibility index (Phi) is 5.54. The number of rotatable bonds is 7. The molecule has 3 aromatic heterocycles. The molecule has 5 rings (SSSR count). The summed E-state index contributed by atoms with van der Waals surface area (Å²) in [6.07, 6.45) is 8.74. The number of aliphatic hydroxyl groups is 1. The van der Waals surface area contributed by atoms with Gasteiger partial charge in [0.2, 0.25) is 5.95 Å². The van der Waals surface area contributed by atoms with Gasteiger partial charge in [-0.1, -0.05) is 0 Å². The minimum absolute atomic E-state index is 0.139. The Morgan fingerprint density at radius 2 is 2.16 bits per heavy atom. The molecule has 1 aliphatic carbocycles. The van der Waals surface area contributed by atoms with E-state index in [-0.39, 0.29) is 18.0 Å². The van der Waals surface area contributed by atoms with Gasteiger partial charge in [-0.05, 0) is 37.5 Å². The van der Waals surface area contributed by atoms with Crippen molar-refractivity contribution in [3.63, 3.8) is 0 Å². The number of fused-ring (bicyclic) bond motifs is 1. The Morgan fingerprint density at radius 3 is 2.94 bits per heavy atom. The zero-order valence-corrected chi connectivity index (χ0v) is 17.6. The van der Waals surface area contributed by atoms with Crippen molar-refractivity contribution in [2.45, 2.75) is 38.0 Å². The van der Waals surface area contributed by atoms with Gasteiger partial charge in [0.1, 0.15) is 17.7 Å². The number of methoxy groups -OCH3 is 1. The lowest BCUT2D eigenvalue weighted by Gasteiger charge is -2.12. The Labute approximate surface area is 183 Å². The maximum atomic E-state index is 15.0. The first kappa shape index (κ1) is 20.5. The van der Waals surface area contributed by atoms with Crippen molar-refractivity contribution >= 4 is 17.1 Å². The van der Waals surface area contributed by atoms with Gasteiger partial charge < -0.3 is 15.2 Å². The summed E-state index contributed by atoms with van der Waals surface area (Å²) in [4.78, 5) is 13.3. The summed E-state index contributed by atoms with van der Waals surface area (Å²) in [7, 11) is 1.63. The molecule has 2 N–H and O–H groups in total. The van der Waals surface area contributed by atoms with Crippen LogP contribution in [0.5, 0.6) is 0 Å².